The maximum absolute atomic E-state index is 4.25. The summed E-state index contributed by atoms with van der Waals surface area (Å²) >= 11 is 3.42. The van der Waals surface area contributed by atoms with E-state index in [0.29, 0.717) is 0 Å². The zero-order chi connectivity index (χ0) is 11.4. The lowest BCUT2D eigenvalue weighted by atomic mass is 10.2. The van der Waals surface area contributed by atoms with E-state index >= 15 is 0 Å². The highest BCUT2D eigenvalue weighted by molar-refractivity contribution is 9.10. The van der Waals surface area contributed by atoms with Crippen molar-refractivity contribution in [2.75, 3.05) is 0 Å². The summed E-state index contributed by atoms with van der Waals surface area (Å²) in [6.07, 6.45) is 3.84. The van der Waals surface area contributed by atoms with Crippen molar-refractivity contribution < 1.29 is 0 Å². The average molecular weight is 280 g/mol. The van der Waals surface area contributed by atoms with Crippen LogP contribution in [0, 0.1) is 0 Å². The predicted molar refractivity (Wildman–Crippen MR) is 67.9 cm³/mol. The van der Waals surface area contributed by atoms with Gasteiger partial charge in [0.25, 0.3) is 0 Å². The van der Waals surface area contributed by atoms with Crippen LogP contribution in [0.25, 0.3) is 0 Å². The van der Waals surface area contributed by atoms with Crippen LogP contribution in [-0.4, -0.2) is 9.55 Å². The molecule has 1 N–H and O–H groups in total. The Balaban J connectivity index is 1.82. The number of halogens is 1. The molecule has 2 rings (SSSR count). The first-order valence-corrected chi connectivity index (χ1v) is 5.95. The zero-order valence-corrected chi connectivity index (χ0v) is 10.7. The molecule has 1 heterocycles. The quantitative estimate of drug-likeness (QED) is 0.932. The minimum absolute atomic E-state index is 0.802. The molecular weight excluding hydrogens is 266 g/mol. The van der Waals surface area contributed by atoms with Gasteiger partial charge in [0.2, 0.25) is 0 Å². The number of aryl methyl sites for hydroxylation is 1. The lowest BCUT2D eigenvalue weighted by Crippen LogP contribution is -2.12. The molecule has 0 radical (unpaired) electrons. The standard InChI is InChI=1S/C12H14BrN3/c1-16-8-12(15-9-16)7-14-6-10-2-4-11(13)5-3-10/h2-5,8-9,14H,6-7H2,1H3. The SMILES string of the molecule is Cn1cnc(CNCc2ccc(Br)cc2)c1. The number of hydrogen-bond acceptors (Lipinski definition) is 2. The number of nitrogens with one attached hydrogen (secondary N) is 1. The number of benzene rings is 1. The second-order valence-corrected chi connectivity index (χ2v) is 4.68. The first kappa shape index (κ1) is 11.4. The summed E-state index contributed by atoms with van der Waals surface area (Å²) in [5.74, 6) is 0. The first-order chi connectivity index (χ1) is 7.74. The Bertz CT molecular complexity index is 448. The Morgan fingerprint density at radius 2 is 2.00 bits per heavy atom. The summed E-state index contributed by atoms with van der Waals surface area (Å²) in [5.41, 5.74) is 2.35. The fraction of sp³-hybridized carbons (Fsp3) is 0.250. The highest BCUT2D eigenvalue weighted by Crippen LogP contribution is 2.10. The van der Waals surface area contributed by atoms with Gasteiger partial charge in [-0.3, -0.25) is 0 Å². The second-order valence-electron chi connectivity index (χ2n) is 3.76. The Morgan fingerprint density at radius 1 is 1.25 bits per heavy atom. The number of aromatic nitrogens is 2. The Kier molecular flexibility index (Phi) is 3.74. The van der Waals surface area contributed by atoms with E-state index in [-0.39, 0.29) is 0 Å². The highest BCUT2D eigenvalue weighted by atomic mass is 79.9. The molecule has 4 heteroatoms. The lowest BCUT2D eigenvalue weighted by Gasteiger charge is -2.03. The maximum atomic E-state index is 4.25. The van der Waals surface area contributed by atoms with Gasteiger partial charge in [0.05, 0.1) is 12.0 Å². The molecule has 1 aromatic heterocycles. The Hall–Kier alpha value is -1.13. The molecule has 0 saturated carbocycles. The van der Waals surface area contributed by atoms with Crippen molar-refractivity contribution in [3.05, 3.63) is 52.5 Å². The van der Waals surface area contributed by atoms with Crippen molar-refractivity contribution in [2.45, 2.75) is 13.1 Å². The third-order valence-corrected chi connectivity index (χ3v) is 2.84. The summed E-state index contributed by atoms with van der Waals surface area (Å²) in [6.45, 7) is 1.67. The molecule has 0 amide bonds. The van der Waals surface area contributed by atoms with Gasteiger partial charge < -0.3 is 9.88 Å². The van der Waals surface area contributed by atoms with E-state index in [2.05, 4.69) is 50.5 Å². The van der Waals surface area contributed by atoms with Crippen molar-refractivity contribution in [3.63, 3.8) is 0 Å². The normalized spacial score (nSPS) is 10.6. The fourth-order valence-electron chi connectivity index (χ4n) is 1.50. The molecule has 2 aromatic rings. The molecule has 1 aromatic carbocycles. The largest absolute Gasteiger partial charge is 0.340 e. The predicted octanol–water partition coefficient (Wildman–Crippen LogP) is 2.47. The van der Waals surface area contributed by atoms with Crippen LogP contribution in [-0.2, 0) is 20.1 Å². The topological polar surface area (TPSA) is 29.9 Å². The van der Waals surface area contributed by atoms with Crippen molar-refractivity contribution in [1.29, 1.82) is 0 Å². The van der Waals surface area contributed by atoms with Gasteiger partial charge in [-0.25, -0.2) is 4.98 Å². The van der Waals surface area contributed by atoms with Gasteiger partial charge in [0.15, 0.2) is 0 Å². The molecule has 16 heavy (non-hydrogen) atoms. The number of imidazole rings is 1. The molecule has 3 nitrogen and oxygen atoms in total. The fourth-order valence-corrected chi connectivity index (χ4v) is 1.76. The summed E-state index contributed by atoms with van der Waals surface area (Å²) in [5, 5.41) is 3.36. The lowest BCUT2D eigenvalue weighted by molar-refractivity contribution is 0.681. The van der Waals surface area contributed by atoms with E-state index in [1.54, 1.807) is 0 Å². The van der Waals surface area contributed by atoms with E-state index in [0.717, 1.165) is 23.3 Å². The van der Waals surface area contributed by atoms with Gasteiger partial charge in [0, 0.05) is 30.8 Å². The van der Waals surface area contributed by atoms with Gasteiger partial charge in [0.1, 0.15) is 0 Å². The van der Waals surface area contributed by atoms with Crippen LogP contribution >= 0.6 is 15.9 Å². The first-order valence-electron chi connectivity index (χ1n) is 5.16. The zero-order valence-electron chi connectivity index (χ0n) is 9.15. The molecule has 0 spiro atoms. The molecule has 0 saturated heterocycles. The van der Waals surface area contributed by atoms with Gasteiger partial charge in [-0.05, 0) is 17.7 Å². The van der Waals surface area contributed by atoms with Crippen LogP contribution < -0.4 is 5.32 Å². The second kappa shape index (κ2) is 5.27. The van der Waals surface area contributed by atoms with E-state index in [1.165, 1.54) is 5.56 Å². The van der Waals surface area contributed by atoms with E-state index in [4.69, 9.17) is 0 Å². The highest BCUT2D eigenvalue weighted by Gasteiger charge is 1.96. The average Bonchev–Trinajstić information content (AvgIpc) is 2.67. The molecule has 0 unspecified atom stereocenters. The minimum atomic E-state index is 0.802. The van der Waals surface area contributed by atoms with Crippen LogP contribution in [0.5, 0.6) is 0 Å². The maximum Gasteiger partial charge on any atom is 0.0947 e. The Morgan fingerprint density at radius 3 is 2.62 bits per heavy atom. The minimum Gasteiger partial charge on any atom is -0.340 e. The molecule has 84 valence electrons. The van der Waals surface area contributed by atoms with Crippen molar-refractivity contribution in [3.8, 4) is 0 Å². The van der Waals surface area contributed by atoms with Gasteiger partial charge >= 0.3 is 0 Å². The molecule has 0 fully saturated rings. The number of nitrogens with zero attached hydrogens (tertiary/aromatic N) is 2. The molecule has 0 atom stereocenters. The summed E-state index contributed by atoms with van der Waals surface area (Å²) < 4.78 is 3.07. The number of hydrogen-bond donors (Lipinski definition) is 1. The van der Waals surface area contributed by atoms with E-state index < -0.39 is 0 Å². The van der Waals surface area contributed by atoms with Crippen LogP contribution in [0.15, 0.2) is 41.3 Å². The Labute approximate surface area is 104 Å². The molecular formula is C12H14BrN3. The van der Waals surface area contributed by atoms with Crippen LogP contribution in [0.4, 0.5) is 0 Å². The third kappa shape index (κ3) is 3.18. The smallest absolute Gasteiger partial charge is 0.0947 e. The molecule has 0 aliphatic heterocycles. The van der Waals surface area contributed by atoms with Gasteiger partial charge in [-0.15, -0.1) is 0 Å². The molecule has 0 bridgehead atoms. The van der Waals surface area contributed by atoms with Crippen molar-refractivity contribution in [1.82, 2.24) is 14.9 Å². The summed E-state index contributed by atoms with van der Waals surface area (Å²) in [7, 11) is 1.98. The molecule has 0 aliphatic rings. The van der Waals surface area contributed by atoms with Crippen molar-refractivity contribution in [2.24, 2.45) is 7.05 Å². The number of rotatable bonds is 4. The monoisotopic (exact) mass is 279 g/mol. The molecule has 0 aliphatic carbocycles. The van der Waals surface area contributed by atoms with Gasteiger partial charge in [-0.1, -0.05) is 28.1 Å². The summed E-state index contributed by atoms with van der Waals surface area (Å²) in [6, 6.07) is 8.32. The van der Waals surface area contributed by atoms with Crippen LogP contribution in [0.1, 0.15) is 11.3 Å². The third-order valence-electron chi connectivity index (χ3n) is 2.31. The van der Waals surface area contributed by atoms with Crippen LogP contribution in [0.3, 0.4) is 0 Å². The summed E-state index contributed by atoms with van der Waals surface area (Å²) in [4.78, 5) is 4.25. The van der Waals surface area contributed by atoms with Crippen LogP contribution in [0.2, 0.25) is 0 Å². The van der Waals surface area contributed by atoms with E-state index in [9.17, 15) is 0 Å². The van der Waals surface area contributed by atoms with Crippen molar-refractivity contribution >= 4 is 15.9 Å². The van der Waals surface area contributed by atoms with E-state index in [1.807, 2.05) is 24.1 Å². The van der Waals surface area contributed by atoms with Gasteiger partial charge in [-0.2, -0.15) is 0 Å².